The number of anilines is 1. The van der Waals surface area contributed by atoms with Crippen LogP contribution in [-0.2, 0) is 22.5 Å². The van der Waals surface area contributed by atoms with E-state index in [-0.39, 0.29) is 24.1 Å². The Morgan fingerprint density at radius 3 is 2.42 bits per heavy atom. The highest BCUT2D eigenvalue weighted by Gasteiger charge is 2.31. The van der Waals surface area contributed by atoms with E-state index in [1.54, 1.807) is 24.3 Å². The van der Waals surface area contributed by atoms with Crippen LogP contribution in [0.25, 0.3) is 10.9 Å². The Hall–Kier alpha value is -3.53. The first-order chi connectivity index (χ1) is 17.1. The molecule has 1 atom stereocenters. The van der Waals surface area contributed by atoms with E-state index in [2.05, 4.69) is 4.90 Å². The molecule has 3 aromatic rings. The molecule has 1 amide bonds. The van der Waals surface area contributed by atoms with E-state index in [1.165, 1.54) is 6.92 Å². The van der Waals surface area contributed by atoms with E-state index in [9.17, 15) is 27.2 Å². The summed E-state index contributed by atoms with van der Waals surface area (Å²) in [6.07, 6.45) is -0.905. The SMILES string of the molecule is CCC(OC(=O)c1c2c(nc3ccccc13)CCN(C(C)C)C2)C(=O)Nc1c(F)c(F)cc(F)c1F. The van der Waals surface area contributed by atoms with Crippen molar-refractivity contribution in [3.8, 4) is 0 Å². The molecule has 36 heavy (non-hydrogen) atoms. The third kappa shape index (κ3) is 4.77. The first-order valence-corrected chi connectivity index (χ1v) is 11.6. The Balaban J connectivity index is 1.67. The summed E-state index contributed by atoms with van der Waals surface area (Å²) in [6, 6.07) is 7.31. The Labute approximate surface area is 205 Å². The summed E-state index contributed by atoms with van der Waals surface area (Å²) in [7, 11) is 0. The first-order valence-electron chi connectivity index (χ1n) is 11.6. The summed E-state index contributed by atoms with van der Waals surface area (Å²) in [6.45, 7) is 6.84. The Morgan fingerprint density at radius 1 is 1.11 bits per heavy atom. The number of pyridine rings is 1. The summed E-state index contributed by atoms with van der Waals surface area (Å²) in [5.41, 5.74) is 1.03. The van der Waals surface area contributed by atoms with Crippen LogP contribution >= 0.6 is 0 Å². The van der Waals surface area contributed by atoms with Crippen molar-refractivity contribution in [2.24, 2.45) is 0 Å². The predicted molar refractivity (Wildman–Crippen MR) is 125 cm³/mol. The Morgan fingerprint density at radius 2 is 1.78 bits per heavy atom. The van der Waals surface area contributed by atoms with Gasteiger partial charge in [0.25, 0.3) is 5.91 Å². The van der Waals surface area contributed by atoms with Gasteiger partial charge in [0, 0.05) is 48.3 Å². The van der Waals surface area contributed by atoms with E-state index in [1.807, 2.05) is 19.2 Å². The molecule has 4 rings (SSSR count). The van der Waals surface area contributed by atoms with Gasteiger partial charge in [-0.2, -0.15) is 0 Å². The zero-order valence-electron chi connectivity index (χ0n) is 20.0. The van der Waals surface area contributed by atoms with Crippen molar-refractivity contribution in [1.82, 2.24) is 9.88 Å². The van der Waals surface area contributed by atoms with Gasteiger partial charge < -0.3 is 10.1 Å². The van der Waals surface area contributed by atoms with Gasteiger partial charge in [0.2, 0.25) is 0 Å². The van der Waals surface area contributed by atoms with Gasteiger partial charge in [-0.25, -0.2) is 22.4 Å². The summed E-state index contributed by atoms with van der Waals surface area (Å²) < 4.78 is 60.7. The number of hydrogen-bond acceptors (Lipinski definition) is 5. The second kappa shape index (κ2) is 10.2. The maximum absolute atomic E-state index is 14.0. The number of ether oxygens (including phenoxy) is 1. The molecule has 190 valence electrons. The fraction of sp³-hybridized carbons (Fsp3) is 0.346. The maximum atomic E-state index is 14.0. The molecule has 0 saturated heterocycles. The fourth-order valence-electron chi connectivity index (χ4n) is 4.28. The van der Waals surface area contributed by atoms with Gasteiger partial charge in [-0.3, -0.25) is 14.7 Å². The van der Waals surface area contributed by atoms with Crippen LogP contribution in [0.2, 0.25) is 0 Å². The van der Waals surface area contributed by atoms with Crippen LogP contribution in [0.15, 0.2) is 30.3 Å². The number of esters is 1. The molecule has 0 bridgehead atoms. The number of para-hydroxylation sites is 1. The van der Waals surface area contributed by atoms with Crippen LogP contribution in [0.3, 0.4) is 0 Å². The highest BCUT2D eigenvalue weighted by molar-refractivity contribution is 6.06. The number of amides is 1. The average molecular weight is 503 g/mol. The van der Waals surface area contributed by atoms with Gasteiger partial charge in [0.05, 0.1) is 11.1 Å². The monoisotopic (exact) mass is 503 g/mol. The third-order valence-electron chi connectivity index (χ3n) is 6.28. The van der Waals surface area contributed by atoms with E-state index >= 15 is 0 Å². The molecule has 1 N–H and O–H groups in total. The fourth-order valence-corrected chi connectivity index (χ4v) is 4.28. The van der Waals surface area contributed by atoms with Crippen molar-refractivity contribution in [1.29, 1.82) is 0 Å². The second-order valence-corrected chi connectivity index (χ2v) is 8.88. The number of carbonyl (C=O) groups is 2. The van der Waals surface area contributed by atoms with Gasteiger partial charge in [0.15, 0.2) is 29.4 Å². The van der Waals surface area contributed by atoms with Crippen LogP contribution in [-0.4, -0.2) is 40.5 Å². The molecule has 2 heterocycles. The zero-order chi connectivity index (χ0) is 26.1. The largest absolute Gasteiger partial charge is 0.449 e. The molecular formula is C26H25F4N3O3. The molecule has 0 aliphatic carbocycles. The van der Waals surface area contributed by atoms with Crippen molar-refractivity contribution in [3.05, 3.63) is 70.4 Å². The molecule has 0 fully saturated rings. The Bertz CT molecular complexity index is 1320. The average Bonchev–Trinajstić information content (AvgIpc) is 2.86. The molecule has 0 radical (unpaired) electrons. The van der Waals surface area contributed by atoms with Gasteiger partial charge in [-0.1, -0.05) is 25.1 Å². The quantitative estimate of drug-likeness (QED) is 0.287. The molecule has 0 saturated carbocycles. The number of benzene rings is 2. The predicted octanol–water partition coefficient (Wildman–Crippen LogP) is 5.13. The third-order valence-corrected chi connectivity index (χ3v) is 6.28. The van der Waals surface area contributed by atoms with Crippen molar-refractivity contribution in [2.75, 3.05) is 11.9 Å². The van der Waals surface area contributed by atoms with Crippen LogP contribution in [0.1, 0.15) is 48.8 Å². The van der Waals surface area contributed by atoms with Crippen molar-refractivity contribution in [3.63, 3.8) is 0 Å². The normalized spacial score (nSPS) is 14.6. The Kier molecular flexibility index (Phi) is 7.26. The van der Waals surface area contributed by atoms with Gasteiger partial charge in [0.1, 0.15) is 5.69 Å². The topological polar surface area (TPSA) is 71.5 Å². The lowest BCUT2D eigenvalue weighted by Crippen LogP contribution is -2.38. The van der Waals surface area contributed by atoms with Gasteiger partial charge in [-0.05, 0) is 26.3 Å². The molecule has 1 aromatic heterocycles. The van der Waals surface area contributed by atoms with Crippen LogP contribution in [0.5, 0.6) is 0 Å². The minimum Gasteiger partial charge on any atom is -0.449 e. The molecule has 1 aliphatic rings. The number of carbonyl (C=O) groups excluding carboxylic acids is 2. The number of nitrogens with one attached hydrogen (secondary N) is 1. The zero-order valence-corrected chi connectivity index (χ0v) is 20.0. The summed E-state index contributed by atoms with van der Waals surface area (Å²) in [5, 5.41) is 2.37. The number of hydrogen-bond donors (Lipinski definition) is 1. The number of halogens is 4. The smallest absolute Gasteiger partial charge is 0.340 e. The summed E-state index contributed by atoms with van der Waals surface area (Å²) in [4.78, 5) is 33.1. The molecule has 1 aliphatic heterocycles. The number of rotatable bonds is 6. The molecule has 10 heteroatoms. The van der Waals surface area contributed by atoms with Gasteiger partial charge >= 0.3 is 5.97 Å². The molecule has 6 nitrogen and oxygen atoms in total. The lowest BCUT2D eigenvalue weighted by Gasteiger charge is -2.32. The molecule has 2 aromatic carbocycles. The molecular weight excluding hydrogens is 478 g/mol. The number of nitrogens with zero attached hydrogens (tertiary/aromatic N) is 2. The standard InChI is InChI=1S/C26H25F4N3O3/c1-4-20(25(34)32-24-22(29)16(27)11-17(28)23(24)30)36-26(35)21-14-7-5-6-8-18(14)31-19-9-10-33(13(2)3)12-15(19)21/h5-8,11,13,20H,4,9-10,12H2,1-3H3,(H,32,34). The lowest BCUT2D eigenvalue weighted by atomic mass is 9.95. The molecule has 1 unspecified atom stereocenters. The van der Waals surface area contributed by atoms with Crippen molar-refractivity contribution in [2.45, 2.75) is 52.3 Å². The lowest BCUT2D eigenvalue weighted by molar-refractivity contribution is -0.124. The first kappa shape index (κ1) is 25.6. The van der Waals surface area contributed by atoms with E-state index in [0.717, 1.165) is 12.2 Å². The van der Waals surface area contributed by atoms with E-state index in [4.69, 9.17) is 9.72 Å². The maximum Gasteiger partial charge on any atom is 0.340 e. The van der Waals surface area contributed by atoms with E-state index < -0.39 is 46.9 Å². The minimum atomic E-state index is -1.76. The van der Waals surface area contributed by atoms with Crippen molar-refractivity contribution >= 4 is 28.5 Å². The van der Waals surface area contributed by atoms with Crippen LogP contribution < -0.4 is 5.32 Å². The van der Waals surface area contributed by atoms with Crippen molar-refractivity contribution < 1.29 is 31.9 Å². The number of fused-ring (bicyclic) bond motifs is 2. The summed E-state index contributed by atoms with van der Waals surface area (Å²) >= 11 is 0. The highest BCUT2D eigenvalue weighted by atomic mass is 19.2. The van der Waals surface area contributed by atoms with Gasteiger partial charge in [-0.15, -0.1) is 0 Å². The van der Waals surface area contributed by atoms with Crippen LogP contribution in [0, 0.1) is 23.3 Å². The number of aromatic nitrogens is 1. The van der Waals surface area contributed by atoms with E-state index in [0.29, 0.717) is 29.4 Å². The molecule has 0 spiro atoms. The minimum absolute atomic E-state index is 0.0375. The van der Waals surface area contributed by atoms with Crippen LogP contribution in [0.4, 0.5) is 23.2 Å². The second-order valence-electron chi connectivity index (χ2n) is 8.88. The highest BCUT2D eigenvalue weighted by Crippen LogP contribution is 2.30. The summed E-state index contributed by atoms with van der Waals surface area (Å²) in [5.74, 6) is -8.77.